The Morgan fingerprint density at radius 2 is 2.32 bits per heavy atom. The lowest BCUT2D eigenvalue weighted by atomic mass is 10.1. The van der Waals surface area contributed by atoms with Crippen LogP contribution in [0.2, 0.25) is 0 Å². The highest BCUT2D eigenvalue weighted by molar-refractivity contribution is 7.10. The summed E-state index contributed by atoms with van der Waals surface area (Å²) in [6.45, 7) is 0.656. The van der Waals surface area contributed by atoms with E-state index >= 15 is 0 Å². The van der Waals surface area contributed by atoms with Gasteiger partial charge in [0.15, 0.2) is 5.69 Å². The Balaban J connectivity index is 1.61. The maximum atomic E-state index is 13.1. The summed E-state index contributed by atoms with van der Waals surface area (Å²) in [7, 11) is 0. The van der Waals surface area contributed by atoms with Crippen molar-refractivity contribution in [2.24, 2.45) is 0 Å². The molecule has 0 atom stereocenters. The van der Waals surface area contributed by atoms with Gasteiger partial charge in [0.1, 0.15) is 0 Å². The molecule has 1 aliphatic rings. The van der Waals surface area contributed by atoms with Crippen LogP contribution in [0.4, 0.5) is 13.2 Å². The molecule has 0 bridgehead atoms. The lowest BCUT2D eigenvalue weighted by molar-refractivity contribution is -0.142. The molecule has 2 aromatic rings. The first-order valence-corrected chi connectivity index (χ1v) is 8.56. The molecule has 2 aromatic heterocycles. The van der Waals surface area contributed by atoms with Gasteiger partial charge in [-0.2, -0.15) is 18.3 Å². The monoisotopic (exact) mass is 371 g/mol. The molecule has 0 unspecified atom stereocenters. The third-order valence-corrected chi connectivity index (χ3v) is 4.57. The molecule has 3 rings (SSSR count). The zero-order chi connectivity index (χ0) is 17.9. The number of carbonyl (C=O) groups is 1. The molecular weight excluding hydrogens is 355 g/mol. The van der Waals surface area contributed by atoms with Gasteiger partial charge in [0.05, 0.1) is 19.8 Å². The lowest BCUT2D eigenvalue weighted by Gasteiger charge is -2.15. The number of thiophene rings is 1. The highest BCUT2D eigenvalue weighted by Gasteiger charge is 2.39. The molecule has 3 heterocycles. The molecule has 0 spiro atoms. The molecular formula is C16H16F3N3O2S. The first kappa shape index (κ1) is 17.7. The van der Waals surface area contributed by atoms with Crippen molar-refractivity contribution in [2.75, 3.05) is 13.2 Å². The average molecular weight is 371 g/mol. The summed E-state index contributed by atoms with van der Waals surface area (Å²) in [5, 5.41) is 8.25. The molecule has 1 aliphatic heterocycles. The minimum Gasteiger partial charge on any atom is -0.376 e. The highest BCUT2D eigenvalue weighted by Crippen LogP contribution is 2.34. The van der Waals surface area contributed by atoms with E-state index in [0.29, 0.717) is 18.7 Å². The van der Waals surface area contributed by atoms with Gasteiger partial charge in [-0.1, -0.05) is 6.07 Å². The van der Waals surface area contributed by atoms with Gasteiger partial charge in [0.25, 0.3) is 0 Å². The third-order valence-electron chi connectivity index (χ3n) is 3.73. The molecule has 0 saturated carbocycles. The summed E-state index contributed by atoms with van der Waals surface area (Å²) in [5.41, 5.74) is -0.268. The van der Waals surface area contributed by atoms with Crippen LogP contribution in [0.3, 0.4) is 0 Å². The standard InChI is InChI=1S/C16H16F3N3O2S/c17-16(18,19)15-12-10-24-8-5-13(12)22(21-15)7-6-20-14(23)4-3-11-2-1-9-25-11/h1-4,9H,5-8,10H2,(H,20,23). The number of aromatic nitrogens is 2. The molecule has 0 radical (unpaired) electrons. The molecule has 1 N–H and O–H groups in total. The zero-order valence-corrected chi connectivity index (χ0v) is 14.0. The van der Waals surface area contributed by atoms with Crippen LogP contribution < -0.4 is 5.32 Å². The number of fused-ring (bicyclic) bond motifs is 1. The molecule has 0 fully saturated rings. The Kier molecular flexibility index (Phi) is 5.24. The Morgan fingerprint density at radius 3 is 3.04 bits per heavy atom. The molecule has 134 valence electrons. The normalized spacial score (nSPS) is 14.7. The van der Waals surface area contributed by atoms with Crippen LogP contribution in [0, 0.1) is 0 Å². The van der Waals surface area contributed by atoms with Gasteiger partial charge in [0, 0.05) is 35.2 Å². The number of nitrogens with zero attached hydrogens (tertiary/aromatic N) is 2. The topological polar surface area (TPSA) is 56.2 Å². The number of rotatable bonds is 5. The molecule has 0 aromatic carbocycles. The minimum atomic E-state index is -4.51. The average Bonchev–Trinajstić information content (AvgIpc) is 3.20. The number of amides is 1. The molecule has 9 heteroatoms. The first-order chi connectivity index (χ1) is 11.9. The van der Waals surface area contributed by atoms with Crippen molar-refractivity contribution in [1.82, 2.24) is 15.1 Å². The van der Waals surface area contributed by atoms with E-state index in [4.69, 9.17) is 4.74 Å². The van der Waals surface area contributed by atoms with Crippen molar-refractivity contribution < 1.29 is 22.7 Å². The van der Waals surface area contributed by atoms with E-state index in [-0.39, 0.29) is 31.2 Å². The number of carbonyl (C=O) groups excluding carboxylic acids is 1. The Morgan fingerprint density at radius 1 is 1.48 bits per heavy atom. The Hall–Kier alpha value is -2.13. The van der Waals surface area contributed by atoms with E-state index in [1.165, 1.54) is 22.1 Å². The van der Waals surface area contributed by atoms with Crippen molar-refractivity contribution in [3.8, 4) is 0 Å². The summed E-state index contributed by atoms with van der Waals surface area (Å²) in [5.74, 6) is -0.297. The van der Waals surface area contributed by atoms with Crippen molar-refractivity contribution in [3.63, 3.8) is 0 Å². The number of halogens is 3. The van der Waals surface area contributed by atoms with Crippen LogP contribution in [0.25, 0.3) is 6.08 Å². The SMILES string of the molecule is O=C(C=Cc1cccs1)NCCn1nc(C(F)(F)F)c2c1CCOC2. The fraction of sp³-hybridized carbons (Fsp3) is 0.375. The number of alkyl halides is 3. The van der Waals surface area contributed by atoms with E-state index in [0.717, 1.165) is 4.88 Å². The number of hydrogen-bond acceptors (Lipinski definition) is 4. The van der Waals surface area contributed by atoms with Gasteiger partial charge < -0.3 is 10.1 Å². The summed E-state index contributed by atoms with van der Waals surface area (Å²) < 4.78 is 45.6. The molecule has 0 aliphatic carbocycles. The maximum Gasteiger partial charge on any atom is 0.435 e. The third kappa shape index (κ3) is 4.29. The van der Waals surface area contributed by atoms with Crippen LogP contribution >= 0.6 is 11.3 Å². The molecule has 25 heavy (non-hydrogen) atoms. The molecule has 1 amide bonds. The second-order valence-corrected chi connectivity index (χ2v) is 6.42. The molecule has 0 saturated heterocycles. The summed E-state index contributed by atoms with van der Waals surface area (Å²) in [6.07, 6.45) is -1.04. The maximum absolute atomic E-state index is 13.1. The van der Waals surface area contributed by atoms with Crippen molar-refractivity contribution in [1.29, 1.82) is 0 Å². The summed E-state index contributed by atoms with van der Waals surface area (Å²) in [4.78, 5) is 12.7. The second kappa shape index (κ2) is 7.40. The van der Waals surface area contributed by atoms with Crippen LogP contribution in [0.1, 0.15) is 21.8 Å². The van der Waals surface area contributed by atoms with Crippen LogP contribution in [0.5, 0.6) is 0 Å². The fourth-order valence-electron chi connectivity index (χ4n) is 2.61. The quantitative estimate of drug-likeness (QED) is 0.823. The van der Waals surface area contributed by atoms with Crippen LogP contribution in [-0.2, 0) is 35.3 Å². The van der Waals surface area contributed by atoms with Gasteiger partial charge in [-0.25, -0.2) is 0 Å². The van der Waals surface area contributed by atoms with E-state index in [2.05, 4.69) is 10.4 Å². The second-order valence-electron chi connectivity index (χ2n) is 5.44. The lowest BCUT2D eigenvalue weighted by Crippen LogP contribution is -2.27. The smallest absolute Gasteiger partial charge is 0.376 e. The Labute approximate surface area is 146 Å². The Bertz CT molecular complexity index is 766. The number of hydrogen-bond donors (Lipinski definition) is 1. The molecule has 5 nitrogen and oxygen atoms in total. The van der Waals surface area contributed by atoms with E-state index in [1.54, 1.807) is 6.08 Å². The summed E-state index contributed by atoms with van der Waals surface area (Å²) in [6, 6.07) is 3.76. The van der Waals surface area contributed by atoms with Crippen LogP contribution in [0.15, 0.2) is 23.6 Å². The fourth-order valence-corrected chi connectivity index (χ4v) is 3.23. The summed E-state index contributed by atoms with van der Waals surface area (Å²) >= 11 is 1.51. The predicted octanol–water partition coefficient (Wildman–Crippen LogP) is 2.87. The van der Waals surface area contributed by atoms with Gasteiger partial charge in [-0.3, -0.25) is 9.48 Å². The largest absolute Gasteiger partial charge is 0.435 e. The van der Waals surface area contributed by atoms with E-state index in [1.807, 2.05) is 17.5 Å². The van der Waals surface area contributed by atoms with Crippen molar-refractivity contribution in [2.45, 2.75) is 25.7 Å². The van der Waals surface area contributed by atoms with Gasteiger partial charge in [-0.05, 0) is 17.5 Å². The highest BCUT2D eigenvalue weighted by atomic mass is 32.1. The van der Waals surface area contributed by atoms with Crippen LogP contribution in [-0.4, -0.2) is 28.8 Å². The van der Waals surface area contributed by atoms with E-state index in [9.17, 15) is 18.0 Å². The zero-order valence-electron chi connectivity index (χ0n) is 13.2. The number of nitrogens with one attached hydrogen (secondary N) is 1. The van der Waals surface area contributed by atoms with E-state index < -0.39 is 11.9 Å². The van der Waals surface area contributed by atoms with Gasteiger partial charge in [-0.15, -0.1) is 11.3 Å². The first-order valence-electron chi connectivity index (χ1n) is 7.68. The van der Waals surface area contributed by atoms with Crippen molar-refractivity contribution >= 4 is 23.3 Å². The van der Waals surface area contributed by atoms with Crippen molar-refractivity contribution in [3.05, 3.63) is 45.4 Å². The predicted molar refractivity (Wildman–Crippen MR) is 87.0 cm³/mol. The van der Waals surface area contributed by atoms with Gasteiger partial charge in [0.2, 0.25) is 5.91 Å². The number of ether oxygens (including phenoxy) is 1. The minimum absolute atomic E-state index is 0.0832. The van der Waals surface area contributed by atoms with Gasteiger partial charge >= 0.3 is 6.18 Å².